The van der Waals surface area contributed by atoms with Crippen molar-refractivity contribution in [3.8, 4) is 0 Å². The number of allylic oxidation sites excluding steroid dienone is 1. The van der Waals surface area contributed by atoms with Crippen molar-refractivity contribution in [1.82, 2.24) is 4.90 Å². The Labute approximate surface area is 70.1 Å². The van der Waals surface area contributed by atoms with E-state index < -0.39 is 0 Å². The van der Waals surface area contributed by atoms with Crippen molar-refractivity contribution in [2.45, 2.75) is 20.3 Å². The monoisotopic (exact) mass is 153 g/mol. The van der Waals surface area contributed by atoms with Gasteiger partial charge in [0.05, 0.1) is 0 Å². The highest BCUT2D eigenvalue weighted by Gasteiger charge is 2.12. The highest BCUT2D eigenvalue weighted by molar-refractivity contribution is 4.94. The summed E-state index contributed by atoms with van der Waals surface area (Å²) < 4.78 is 0. The molecule has 0 aromatic carbocycles. The Bertz CT molecular complexity index is 138. The molecule has 1 heterocycles. The van der Waals surface area contributed by atoms with Gasteiger partial charge in [0.2, 0.25) is 0 Å². The SMILES string of the molecule is CC(C)C1C=CCN(C)CC1. The number of hydrogen-bond acceptors (Lipinski definition) is 1. The zero-order valence-corrected chi connectivity index (χ0v) is 7.88. The standard InChI is InChI=1S/C10H19N/c1-9(2)10-5-4-7-11(3)8-6-10/h4-5,9-10H,6-8H2,1-3H3. The van der Waals surface area contributed by atoms with Crippen LogP contribution in [0, 0.1) is 11.8 Å². The average Bonchev–Trinajstić information content (AvgIpc) is 2.13. The van der Waals surface area contributed by atoms with E-state index in [1.54, 1.807) is 0 Å². The van der Waals surface area contributed by atoms with E-state index in [9.17, 15) is 0 Å². The Balaban J connectivity index is 2.45. The van der Waals surface area contributed by atoms with E-state index in [1.165, 1.54) is 13.0 Å². The molecule has 1 aliphatic rings. The van der Waals surface area contributed by atoms with Crippen LogP contribution in [0.5, 0.6) is 0 Å². The third-order valence-electron chi connectivity index (χ3n) is 2.50. The summed E-state index contributed by atoms with van der Waals surface area (Å²) in [5.74, 6) is 1.61. The Morgan fingerprint density at radius 2 is 2.18 bits per heavy atom. The van der Waals surface area contributed by atoms with Gasteiger partial charge in [-0.2, -0.15) is 0 Å². The quantitative estimate of drug-likeness (QED) is 0.522. The molecule has 64 valence electrons. The topological polar surface area (TPSA) is 3.24 Å². The molecule has 11 heavy (non-hydrogen) atoms. The summed E-state index contributed by atoms with van der Waals surface area (Å²) in [5, 5.41) is 0. The van der Waals surface area contributed by atoms with Crippen molar-refractivity contribution in [3.05, 3.63) is 12.2 Å². The zero-order valence-electron chi connectivity index (χ0n) is 7.88. The summed E-state index contributed by atoms with van der Waals surface area (Å²) in [5.41, 5.74) is 0. The molecule has 0 bridgehead atoms. The fourth-order valence-electron chi connectivity index (χ4n) is 1.53. The maximum absolute atomic E-state index is 2.38. The summed E-state index contributed by atoms with van der Waals surface area (Å²) in [7, 11) is 2.19. The van der Waals surface area contributed by atoms with Crippen molar-refractivity contribution >= 4 is 0 Å². The van der Waals surface area contributed by atoms with Crippen LogP contribution >= 0.6 is 0 Å². The molecule has 1 heteroatoms. The lowest BCUT2D eigenvalue weighted by molar-refractivity contribution is 0.330. The molecule has 1 aliphatic heterocycles. The second kappa shape index (κ2) is 3.91. The molecule has 0 aromatic rings. The molecule has 1 unspecified atom stereocenters. The lowest BCUT2D eigenvalue weighted by atomic mass is 9.93. The first-order chi connectivity index (χ1) is 5.20. The van der Waals surface area contributed by atoms with E-state index in [0.717, 1.165) is 18.4 Å². The molecule has 1 rings (SSSR count). The number of nitrogens with zero attached hydrogens (tertiary/aromatic N) is 1. The summed E-state index contributed by atoms with van der Waals surface area (Å²) in [4.78, 5) is 2.37. The Morgan fingerprint density at radius 1 is 1.45 bits per heavy atom. The fraction of sp³-hybridized carbons (Fsp3) is 0.800. The van der Waals surface area contributed by atoms with Crippen LogP contribution in [0.25, 0.3) is 0 Å². The van der Waals surface area contributed by atoms with E-state index in [-0.39, 0.29) is 0 Å². The number of hydrogen-bond donors (Lipinski definition) is 0. The molecular formula is C10H19N. The lowest BCUT2D eigenvalue weighted by Crippen LogP contribution is -2.19. The molecule has 0 saturated heterocycles. The first-order valence-corrected chi connectivity index (χ1v) is 4.55. The van der Waals surface area contributed by atoms with E-state index in [0.29, 0.717) is 0 Å². The predicted octanol–water partition coefficient (Wildman–Crippen LogP) is 2.15. The van der Waals surface area contributed by atoms with Gasteiger partial charge < -0.3 is 4.90 Å². The van der Waals surface area contributed by atoms with E-state index >= 15 is 0 Å². The predicted molar refractivity (Wildman–Crippen MR) is 49.6 cm³/mol. The van der Waals surface area contributed by atoms with E-state index in [2.05, 4.69) is 37.9 Å². The molecule has 1 atom stereocenters. The molecule has 0 spiro atoms. The maximum atomic E-state index is 2.38. The highest BCUT2D eigenvalue weighted by atomic mass is 15.1. The lowest BCUT2D eigenvalue weighted by Gasteiger charge is -2.17. The third kappa shape index (κ3) is 2.66. The van der Waals surface area contributed by atoms with Crippen molar-refractivity contribution in [1.29, 1.82) is 0 Å². The molecule has 0 radical (unpaired) electrons. The van der Waals surface area contributed by atoms with Crippen molar-refractivity contribution < 1.29 is 0 Å². The summed E-state index contributed by atoms with van der Waals surface area (Å²) in [6.45, 7) is 6.99. The summed E-state index contributed by atoms with van der Waals surface area (Å²) >= 11 is 0. The summed E-state index contributed by atoms with van der Waals surface area (Å²) in [6.07, 6.45) is 6.01. The Kier molecular flexibility index (Phi) is 3.13. The first kappa shape index (κ1) is 8.79. The molecule has 0 N–H and O–H groups in total. The van der Waals surface area contributed by atoms with Crippen LogP contribution in [0.4, 0.5) is 0 Å². The zero-order chi connectivity index (χ0) is 8.27. The van der Waals surface area contributed by atoms with Gasteiger partial charge in [-0.1, -0.05) is 26.0 Å². The molecule has 0 saturated carbocycles. The van der Waals surface area contributed by atoms with Gasteiger partial charge in [-0.05, 0) is 31.8 Å². The third-order valence-corrected chi connectivity index (χ3v) is 2.50. The molecule has 0 fully saturated rings. The maximum Gasteiger partial charge on any atom is 0.0160 e. The second-order valence-corrected chi connectivity index (χ2v) is 3.89. The second-order valence-electron chi connectivity index (χ2n) is 3.89. The molecule has 0 amide bonds. The van der Waals surface area contributed by atoms with Gasteiger partial charge in [-0.25, -0.2) is 0 Å². The van der Waals surface area contributed by atoms with Gasteiger partial charge in [0.1, 0.15) is 0 Å². The minimum atomic E-state index is 0.803. The van der Waals surface area contributed by atoms with Gasteiger partial charge in [0.25, 0.3) is 0 Å². The average molecular weight is 153 g/mol. The molecule has 1 nitrogen and oxygen atoms in total. The van der Waals surface area contributed by atoms with Gasteiger partial charge >= 0.3 is 0 Å². The largest absolute Gasteiger partial charge is 0.303 e. The van der Waals surface area contributed by atoms with Crippen molar-refractivity contribution in [2.24, 2.45) is 11.8 Å². The van der Waals surface area contributed by atoms with Gasteiger partial charge in [-0.3, -0.25) is 0 Å². The first-order valence-electron chi connectivity index (χ1n) is 4.55. The van der Waals surface area contributed by atoms with Crippen LogP contribution in [0.15, 0.2) is 12.2 Å². The van der Waals surface area contributed by atoms with Crippen LogP contribution < -0.4 is 0 Å². The Morgan fingerprint density at radius 3 is 2.82 bits per heavy atom. The van der Waals surface area contributed by atoms with Crippen molar-refractivity contribution in [3.63, 3.8) is 0 Å². The van der Waals surface area contributed by atoms with Crippen LogP contribution in [0.3, 0.4) is 0 Å². The molecule has 0 aliphatic carbocycles. The van der Waals surface area contributed by atoms with Crippen molar-refractivity contribution in [2.75, 3.05) is 20.1 Å². The molecule has 0 aromatic heterocycles. The van der Waals surface area contributed by atoms with Crippen LogP contribution in [-0.4, -0.2) is 25.0 Å². The van der Waals surface area contributed by atoms with E-state index in [1.807, 2.05) is 0 Å². The fourth-order valence-corrected chi connectivity index (χ4v) is 1.53. The number of rotatable bonds is 1. The van der Waals surface area contributed by atoms with Gasteiger partial charge in [0, 0.05) is 6.54 Å². The normalized spacial score (nSPS) is 27.5. The summed E-state index contributed by atoms with van der Waals surface area (Å²) in [6, 6.07) is 0. The highest BCUT2D eigenvalue weighted by Crippen LogP contribution is 2.18. The van der Waals surface area contributed by atoms with Crippen LogP contribution in [0.2, 0.25) is 0 Å². The van der Waals surface area contributed by atoms with Crippen LogP contribution in [-0.2, 0) is 0 Å². The number of likely N-dealkylation sites (N-methyl/N-ethyl adjacent to an activating group) is 1. The smallest absolute Gasteiger partial charge is 0.0160 e. The minimum Gasteiger partial charge on any atom is -0.303 e. The van der Waals surface area contributed by atoms with E-state index in [4.69, 9.17) is 0 Å². The Hall–Kier alpha value is -0.300. The minimum absolute atomic E-state index is 0.803. The van der Waals surface area contributed by atoms with Gasteiger partial charge in [0.15, 0.2) is 0 Å². The van der Waals surface area contributed by atoms with Crippen LogP contribution in [0.1, 0.15) is 20.3 Å². The molecular weight excluding hydrogens is 134 g/mol. The van der Waals surface area contributed by atoms with Gasteiger partial charge in [-0.15, -0.1) is 0 Å².